The molecule has 3 rings (SSSR count). The summed E-state index contributed by atoms with van der Waals surface area (Å²) in [5.41, 5.74) is 1.45. The van der Waals surface area contributed by atoms with Crippen LogP contribution in [0.5, 0.6) is 0 Å². The SMILES string of the molecule is CCC1CN(CC(O)CN2CCCC2=O)CCC1c1ccccc1. The van der Waals surface area contributed by atoms with Gasteiger partial charge in [0.1, 0.15) is 0 Å². The quantitative estimate of drug-likeness (QED) is 0.871. The third-order valence-electron chi connectivity index (χ3n) is 5.64. The second-order valence-electron chi connectivity index (χ2n) is 7.33. The van der Waals surface area contributed by atoms with E-state index in [0.29, 0.717) is 31.3 Å². The molecule has 2 aliphatic heterocycles. The van der Waals surface area contributed by atoms with Crippen LogP contribution in [-0.4, -0.2) is 59.6 Å². The number of aliphatic hydroxyl groups excluding tert-OH is 1. The van der Waals surface area contributed by atoms with Crippen LogP contribution in [0, 0.1) is 5.92 Å². The lowest BCUT2D eigenvalue weighted by atomic mass is 9.79. The maximum atomic E-state index is 11.7. The highest BCUT2D eigenvalue weighted by Gasteiger charge is 2.30. The molecule has 2 aliphatic rings. The number of benzene rings is 1. The number of nitrogens with zero attached hydrogens (tertiary/aromatic N) is 2. The minimum Gasteiger partial charge on any atom is -0.390 e. The van der Waals surface area contributed by atoms with Gasteiger partial charge >= 0.3 is 0 Å². The van der Waals surface area contributed by atoms with Gasteiger partial charge in [0.15, 0.2) is 0 Å². The molecule has 2 heterocycles. The lowest BCUT2D eigenvalue weighted by molar-refractivity contribution is -0.129. The summed E-state index contributed by atoms with van der Waals surface area (Å²) < 4.78 is 0. The maximum Gasteiger partial charge on any atom is 0.222 e. The second-order valence-corrected chi connectivity index (χ2v) is 7.33. The van der Waals surface area contributed by atoms with Crippen molar-refractivity contribution < 1.29 is 9.90 Å². The van der Waals surface area contributed by atoms with E-state index < -0.39 is 6.10 Å². The van der Waals surface area contributed by atoms with Crippen LogP contribution in [0.25, 0.3) is 0 Å². The highest BCUT2D eigenvalue weighted by molar-refractivity contribution is 5.78. The van der Waals surface area contributed by atoms with Crippen molar-refractivity contribution in [2.75, 3.05) is 32.7 Å². The van der Waals surface area contributed by atoms with Crippen molar-refractivity contribution in [3.05, 3.63) is 35.9 Å². The van der Waals surface area contributed by atoms with Gasteiger partial charge in [0.25, 0.3) is 0 Å². The van der Waals surface area contributed by atoms with E-state index in [-0.39, 0.29) is 5.91 Å². The first-order valence-corrected chi connectivity index (χ1v) is 9.40. The van der Waals surface area contributed by atoms with Gasteiger partial charge in [-0.05, 0) is 36.8 Å². The van der Waals surface area contributed by atoms with E-state index in [0.717, 1.165) is 38.9 Å². The number of amides is 1. The van der Waals surface area contributed by atoms with Gasteiger partial charge in [0.2, 0.25) is 5.91 Å². The third kappa shape index (κ3) is 4.17. The number of likely N-dealkylation sites (tertiary alicyclic amines) is 2. The van der Waals surface area contributed by atoms with E-state index in [2.05, 4.69) is 42.2 Å². The van der Waals surface area contributed by atoms with Crippen LogP contribution in [0.4, 0.5) is 0 Å². The van der Waals surface area contributed by atoms with Crippen molar-refractivity contribution in [1.29, 1.82) is 0 Å². The highest BCUT2D eigenvalue weighted by atomic mass is 16.3. The van der Waals surface area contributed by atoms with E-state index >= 15 is 0 Å². The van der Waals surface area contributed by atoms with E-state index in [1.807, 2.05) is 4.90 Å². The van der Waals surface area contributed by atoms with Gasteiger partial charge in [-0.3, -0.25) is 4.79 Å². The Morgan fingerprint density at radius 1 is 1.21 bits per heavy atom. The summed E-state index contributed by atoms with van der Waals surface area (Å²) >= 11 is 0. The summed E-state index contributed by atoms with van der Waals surface area (Å²) in [4.78, 5) is 15.9. The van der Waals surface area contributed by atoms with Crippen LogP contribution in [-0.2, 0) is 4.79 Å². The molecular weight excluding hydrogens is 300 g/mol. The van der Waals surface area contributed by atoms with E-state index in [4.69, 9.17) is 0 Å². The third-order valence-corrected chi connectivity index (χ3v) is 5.64. The number of hydrogen-bond donors (Lipinski definition) is 1. The molecule has 4 heteroatoms. The average Bonchev–Trinajstić information content (AvgIpc) is 3.00. The summed E-state index contributed by atoms with van der Waals surface area (Å²) in [7, 11) is 0. The van der Waals surface area contributed by atoms with Gasteiger partial charge in [-0.2, -0.15) is 0 Å². The number of β-amino-alcohol motifs (C(OH)–C–C–N with tert-alkyl or cyclic N) is 1. The molecule has 2 saturated heterocycles. The fraction of sp³-hybridized carbons (Fsp3) is 0.650. The Morgan fingerprint density at radius 2 is 2.00 bits per heavy atom. The Bertz CT molecular complexity index is 534. The van der Waals surface area contributed by atoms with Crippen molar-refractivity contribution in [3.8, 4) is 0 Å². The van der Waals surface area contributed by atoms with Crippen LogP contribution in [0.2, 0.25) is 0 Å². The fourth-order valence-corrected chi connectivity index (χ4v) is 4.33. The Balaban J connectivity index is 1.52. The van der Waals surface area contributed by atoms with Crippen LogP contribution in [0.15, 0.2) is 30.3 Å². The largest absolute Gasteiger partial charge is 0.390 e. The molecule has 1 amide bonds. The smallest absolute Gasteiger partial charge is 0.222 e. The standard InChI is InChI=1S/C20H30N2O2/c1-2-16-13-21(12-10-19(16)17-7-4-3-5-8-17)14-18(23)15-22-11-6-9-20(22)24/h3-5,7-8,16,18-19,23H,2,6,9-15H2,1H3. The van der Waals surface area contributed by atoms with E-state index in [9.17, 15) is 9.90 Å². The zero-order valence-corrected chi connectivity index (χ0v) is 14.7. The molecule has 24 heavy (non-hydrogen) atoms. The van der Waals surface area contributed by atoms with Gasteiger partial charge in [-0.25, -0.2) is 0 Å². The first-order valence-electron chi connectivity index (χ1n) is 9.40. The Kier molecular flexibility index (Phi) is 5.90. The van der Waals surface area contributed by atoms with Crippen LogP contribution < -0.4 is 0 Å². The van der Waals surface area contributed by atoms with Crippen molar-refractivity contribution in [1.82, 2.24) is 9.80 Å². The molecule has 0 bridgehead atoms. The molecule has 3 atom stereocenters. The Morgan fingerprint density at radius 3 is 2.67 bits per heavy atom. The molecule has 1 aromatic carbocycles. The first kappa shape index (κ1) is 17.4. The topological polar surface area (TPSA) is 43.8 Å². The minimum absolute atomic E-state index is 0.197. The van der Waals surface area contributed by atoms with Gasteiger partial charge in [-0.1, -0.05) is 43.7 Å². The van der Waals surface area contributed by atoms with Crippen molar-refractivity contribution in [2.45, 2.75) is 44.6 Å². The maximum absolute atomic E-state index is 11.7. The van der Waals surface area contributed by atoms with Crippen molar-refractivity contribution in [2.24, 2.45) is 5.92 Å². The van der Waals surface area contributed by atoms with Gasteiger partial charge in [0.05, 0.1) is 6.10 Å². The molecule has 1 N–H and O–H groups in total. The molecule has 4 nitrogen and oxygen atoms in total. The average molecular weight is 330 g/mol. The normalized spacial score (nSPS) is 26.8. The molecule has 2 fully saturated rings. The van der Waals surface area contributed by atoms with Crippen LogP contribution in [0.1, 0.15) is 44.1 Å². The van der Waals surface area contributed by atoms with Gasteiger partial charge < -0.3 is 14.9 Å². The number of rotatable bonds is 6. The van der Waals surface area contributed by atoms with Gasteiger partial charge in [0, 0.05) is 32.6 Å². The van der Waals surface area contributed by atoms with E-state index in [1.54, 1.807) is 0 Å². The summed E-state index contributed by atoms with van der Waals surface area (Å²) in [6, 6.07) is 10.8. The van der Waals surface area contributed by atoms with E-state index in [1.165, 1.54) is 5.56 Å². The number of piperidine rings is 1. The molecule has 0 saturated carbocycles. The number of carbonyl (C=O) groups is 1. The Labute approximate surface area is 145 Å². The fourth-order valence-electron chi connectivity index (χ4n) is 4.33. The zero-order valence-electron chi connectivity index (χ0n) is 14.7. The highest BCUT2D eigenvalue weighted by Crippen LogP contribution is 2.34. The number of hydrogen-bond acceptors (Lipinski definition) is 3. The molecule has 3 unspecified atom stereocenters. The monoisotopic (exact) mass is 330 g/mol. The lowest BCUT2D eigenvalue weighted by Gasteiger charge is -2.39. The molecule has 0 aromatic heterocycles. The molecular formula is C20H30N2O2. The van der Waals surface area contributed by atoms with Crippen molar-refractivity contribution >= 4 is 5.91 Å². The van der Waals surface area contributed by atoms with Crippen LogP contribution in [0.3, 0.4) is 0 Å². The molecule has 0 aliphatic carbocycles. The van der Waals surface area contributed by atoms with Gasteiger partial charge in [-0.15, -0.1) is 0 Å². The number of aliphatic hydroxyl groups is 1. The lowest BCUT2D eigenvalue weighted by Crippen LogP contribution is -2.46. The summed E-state index contributed by atoms with van der Waals surface area (Å²) in [5, 5.41) is 10.4. The summed E-state index contributed by atoms with van der Waals surface area (Å²) in [6.45, 7) is 6.32. The Hall–Kier alpha value is -1.39. The molecule has 0 spiro atoms. The summed E-state index contributed by atoms with van der Waals surface area (Å²) in [6.07, 6.45) is 3.46. The molecule has 132 valence electrons. The number of carbonyl (C=O) groups excluding carboxylic acids is 1. The zero-order chi connectivity index (χ0) is 16.9. The second kappa shape index (κ2) is 8.13. The molecule has 1 aromatic rings. The van der Waals surface area contributed by atoms with Crippen molar-refractivity contribution in [3.63, 3.8) is 0 Å². The predicted molar refractivity (Wildman–Crippen MR) is 95.8 cm³/mol. The molecule has 0 radical (unpaired) electrons. The predicted octanol–water partition coefficient (Wildman–Crippen LogP) is 2.49. The minimum atomic E-state index is -0.433. The van der Waals surface area contributed by atoms with Crippen LogP contribution >= 0.6 is 0 Å². The summed E-state index contributed by atoms with van der Waals surface area (Å²) in [5.74, 6) is 1.47. The first-order chi connectivity index (χ1) is 11.7.